The van der Waals surface area contributed by atoms with Gasteiger partial charge in [-0.15, -0.1) is 0 Å². The van der Waals surface area contributed by atoms with Gasteiger partial charge in [-0.25, -0.2) is 4.39 Å². The van der Waals surface area contributed by atoms with Crippen molar-refractivity contribution in [2.75, 3.05) is 0 Å². The van der Waals surface area contributed by atoms with Crippen molar-refractivity contribution >= 4 is 0 Å². The van der Waals surface area contributed by atoms with E-state index < -0.39 is 0 Å². The lowest BCUT2D eigenvalue weighted by Gasteiger charge is -2.43. The number of fused-ring (bicyclic) bond motifs is 3. The van der Waals surface area contributed by atoms with Gasteiger partial charge in [0.1, 0.15) is 5.82 Å². The van der Waals surface area contributed by atoms with Crippen LogP contribution in [0.25, 0.3) is 11.4 Å². The van der Waals surface area contributed by atoms with Crippen LogP contribution < -0.4 is 0 Å². The molecule has 3 saturated carbocycles. The van der Waals surface area contributed by atoms with E-state index in [1.807, 2.05) is 0 Å². The molecular weight excluding hydrogens is 255 g/mol. The fraction of sp³-hybridized carbons (Fsp3) is 0.500. The van der Waals surface area contributed by atoms with E-state index in [0.717, 1.165) is 17.4 Å². The van der Waals surface area contributed by atoms with Crippen LogP contribution in [-0.2, 0) is 5.41 Å². The summed E-state index contributed by atoms with van der Waals surface area (Å²) in [4.78, 5) is 4.60. The zero-order valence-electron chi connectivity index (χ0n) is 11.3. The summed E-state index contributed by atoms with van der Waals surface area (Å²) in [5, 5.41) is 4.09. The van der Waals surface area contributed by atoms with Gasteiger partial charge in [-0.05, 0) is 68.7 Å². The average Bonchev–Trinajstić information content (AvgIpc) is 3.01. The molecule has 3 aliphatic carbocycles. The largest absolute Gasteiger partial charge is 0.338 e. The van der Waals surface area contributed by atoms with Gasteiger partial charge in [0, 0.05) is 11.0 Å². The predicted octanol–water partition coefficient (Wildman–Crippen LogP) is 4.10. The first kappa shape index (κ1) is 12.1. The van der Waals surface area contributed by atoms with Crippen LogP contribution in [0.1, 0.15) is 44.4 Å². The maximum Gasteiger partial charge on any atom is 0.233 e. The molecule has 3 fully saturated rings. The van der Waals surface area contributed by atoms with Gasteiger partial charge in [-0.2, -0.15) is 4.98 Å². The molecule has 3 nitrogen and oxygen atoms in total. The monoisotopic (exact) mass is 272 g/mol. The van der Waals surface area contributed by atoms with Crippen molar-refractivity contribution in [3.05, 3.63) is 36.0 Å². The molecule has 20 heavy (non-hydrogen) atoms. The molecule has 104 valence electrons. The minimum Gasteiger partial charge on any atom is -0.338 e. The third-order valence-electron chi connectivity index (χ3n) is 5.08. The summed E-state index contributed by atoms with van der Waals surface area (Å²) in [5.74, 6) is 2.02. The Balaban J connectivity index is 1.66. The van der Waals surface area contributed by atoms with Crippen molar-refractivity contribution in [2.24, 2.45) is 5.92 Å². The SMILES string of the molecule is Fc1ccc(-c2noc(C34CCC(CC3)CC4)n2)cc1. The molecule has 0 N–H and O–H groups in total. The fourth-order valence-electron chi connectivity index (χ4n) is 3.73. The highest BCUT2D eigenvalue weighted by Crippen LogP contribution is 2.51. The molecule has 0 spiro atoms. The Labute approximate surface area is 117 Å². The maximum atomic E-state index is 13.0. The maximum absolute atomic E-state index is 13.0. The highest BCUT2D eigenvalue weighted by molar-refractivity contribution is 5.53. The molecule has 2 aromatic rings. The van der Waals surface area contributed by atoms with Crippen molar-refractivity contribution in [1.82, 2.24) is 10.1 Å². The van der Waals surface area contributed by atoms with Gasteiger partial charge in [0.25, 0.3) is 0 Å². The van der Waals surface area contributed by atoms with Gasteiger partial charge < -0.3 is 4.52 Å². The third kappa shape index (κ3) is 1.86. The highest BCUT2D eigenvalue weighted by Gasteiger charge is 2.45. The molecule has 5 rings (SSSR count). The lowest BCUT2D eigenvalue weighted by Crippen LogP contribution is -2.37. The second-order valence-electron chi connectivity index (χ2n) is 6.19. The van der Waals surface area contributed by atoms with Crippen LogP contribution in [0.4, 0.5) is 4.39 Å². The van der Waals surface area contributed by atoms with E-state index in [4.69, 9.17) is 4.52 Å². The lowest BCUT2D eigenvalue weighted by molar-refractivity contribution is 0.103. The third-order valence-corrected chi connectivity index (χ3v) is 5.08. The summed E-state index contributed by atoms with van der Waals surface area (Å²) >= 11 is 0. The van der Waals surface area contributed by atoms with Crippen molar-refractivity contribution < 1.29 is 8.91 Å². The molecule has 1 heterocycles. The van der Waals surface area contributed by atoms with Gasteiger partial charge in [-0.3, -0.25) is 0 Å². The number of nitrogens with zero attached hydrogens (tertiary/aromatic N) is 2. The molecule has 0 radical (unpaired) electrons. The molecule has 1 aromatic heterocycles. The zero-order valence-corrected chi connectivity index (χ0v) is 11.3. The van der Waals surface area contributed by atoms with E-state index in [1.165, 1.54) is 50.7 Å². The Morgan fingerprint density at radius 1 is 1.05 bits per heavy atom. The van der Waals surface area contributed by atoms with Crippen LogP contribution in [0.2, 0.25) is 0 Å². The van der Waals surface area contributed by atoms with Gasteiger partial charge in [-0.1, -0.05) is 5.16 Å². The molecular formula is C16H17FN2O. The summed E-state index contributed by atoms with van der Waals surface area (Å²) in [7, 11) is 0. The molecule has 4 heteroatoms. The first-order valence-corrected chi connectivity index (χ1v) is 7.35. The number of hydrogen-bond donors (Lipinski definition) is 0. The smallest absolute Gasteiger partial charge is 0.233 e. The predicted molar refractivity (Wildman–Crippen MR) is 72.6 cm³/mol. The quantitative estimate of drug-likeness (QED) is 0.826. The Kier molecular flexibility index (Phi) is 2.65. The summed E-state index contributed by atoms with van der Waals surface area (Å²) in [6.07, 6.45) is 7.37. The van der Waals surface area contributed by atoms with Crippen LogP contribution in [0, 0.1) is 11.7 Å². The number of benzene rings is 1. The molecule has 0 saturated heterocycles. The van der Waals surface area contributed by atoms with Gasteiger partial charge in [0.2, 0.25) is 11.7 Å². The lowest BCUT2D eigenvalue weighted by atomic mass is 9.60. The zero-order chi connectivity index (χ0) is 13.6. The summed E-state index contributed by atoms with van der Waals surface area (Å²) in [6.45, 7) is 0. The number of aromatic nitrogens is 2. The van der Waals surface area contributed by atoms with E-state index in [-0.39, 0.29) is 11.2 Å². The Bertz CT molecular complexity index is 598. The second kappa shape index (κ2) is 4.40. The Hall–Kier alpha value is -1.71. The Morgan fingerprint density at radius 2 is 1.70 bits per heavy atom. The van der Waals surface area contributed by atoms with Crippen molar-refractivity contribution in [3.8, 4) is 11.4 Å². The standard InChI is InChI=1S/C16H17FN2O/c17-13-3-1-12(2-4-13)14-18-15(20-19-14)16-8-5-11(6-9-16)7-10-16/h1-4,11H,5-10H2. The highest BCUT2D eigenvalue weighted by atomic mass is 19.1. The minimum atomic E-state index is -0.248. The Morgan fingerprint density at radius 3 is 2.35 bits per heavy atom. The molecule has 1 aromatic carbocycles. The molecule has 0 atom stereocenters. The van der Waals surface area contributed by atoms with Crippen molar-refractivity contribution in [3.63, 3.8) is 0 Å². The van der Waals surface area contributed by atoms with Gasteiger partial charge in [0.15, 0.2) is 0 Å². The molecule has 0 amide bonds. The number of rotatable bonds is 2. The summed E-state index contributed by atoms with van der Waals surface area (Å²) in [5.41, 5.74) is 0.919. The van der Waals surface area contributed by atoms with E-state index >= 15 is 0 Å². The van der Waals surface area contributed by atoms with E-state index in [0.29, 0.717) is 5.82 Å². The first-order valence-electron chi connectivity index (χ1n) is 7.35. The fourth-order valence-corrected chi connectivity index (χ4v) is 3.73. The van der Waals surface area contributed by atoms with Crippen molar-refractivity contribution in [2.45, 2.75) is 43.9 Å². The van der Waals surface area contributed by atoms with E-state index in [9.17, 15) is 4.39 Å². The molecule has 0 unspecified atom stereocenters. The molecule has 0 aliphatic heterocycles. The molecule has 3 aliphatic rings. The van der Waals surface area contributed by atoms with E-state index in [1.54, 1.807) is 12.1 Å². The van der Waals surface area contributed by atoms with Crippen molar-refractivity contribution in [1.29, 1.82) is 0 Å². The van der Waals surface area contributed by atoms with E-state index in [2.05, 4.69) is 10.1 Å². The summed E-state index contributed by atoms with van der Waals surface area (Å²) < 4.78 is 18.5. The van der Waals surface area contributed by atoms with Crippen LogP contribution in [0.5, 0.6) is 0 Å². The van der Waals surface area contributed by atoms with Crippen LogP contribution >= 0.6 is 0 Å². The topological polar surface area (TPSA) is 38.9 Å². The normalized spacial score (nSPS) is 28.8. The average molecular weight is 272 g/mol. The van der Waals surface area contributed by atoms with Gasteiger partial charge in [0.05, 0.1) is 0 Å². The summed E-state index contributed by atoms with van der Waals surface area (Å²) in [6, 6.07) is 6.24. The first-order chi connectivity index (χ1) is 9.75. The molecule has 2 bridgehead atoms. The number of hydrogen-bond acceptors (Lipinski definition) is 3. The van der Waals surface area contributed by atoms with Crippen LogP contribution in [0.3, 0.4) is 0 Å². The van der Waals surface area contributed by atoms with Crippen LogP contribution in [0.15, 0.2) is 28.8 Å². The number of halogens is 1. The van der Waals surface area contributed by atoms with Gasteiger partial charge >= 0.3 is 0 Å². The van der Waals surface area contributed by atoms with Crippen LogP contribution in [-0.4, -0.2) is 10.1 Å². The minimum absolute atomic E-state index is 0.111. The second-order valence-corrected chi connectivity index (χ2v) is 6.19.